The summed E-state index contributed by atoms with van der Waals surface area (Å²) in [7, 11) is 0. The summed E-state index contributed by atoms with van der Waals surface area (Å²) in [6, 6.07) is 9.40. The third-order valence-electron chi connectivity index (χ3n) is 7.12. The lowest BCUT2D eigenvalue weighted by Gasteiger charge is -2.38. The number of benzene rings is 1. The van der Waals surface area contributed by atoms with E-state index >= 15 is 0 Å². The number of rotatable bonds is 4. The number of hydrogen-bond acceptors (Lipinski definition) is 9. The van der Waals surface area contributed by atoms with Gasteiger partial charge in [0.1, 0.15) is 5.75 Å². The molecule has 2 aromatic heterocycles. The van der Waals surface area contributed by atoms with E-state index in [1.54, 1.807) is 23.5 Å². The lowest BCUT2D eigenvalue weighted by atomic mass is 10.2. The maximum atomic E-state index is 12.8. The number of fused-ring (bicyclic) bond motifs is 1. The number of anilines is 1. The van der Waals surface area contributed by atoms with Crippen LogP contribution in [-0.2, 0) is 16.0 Å². The monoisotopic (exact) mass is 524 g/mol. The van der Waals surface area contributed by atoms with Crippen molar-refractivity contribution in [1.29, 1.82) is 0 Å². The number of phenolic OH excluding ortho intramolecular Hbond substituents is 1. The number of thiophene rings is 1. The molecule has 0 aliphatic carbocycles. The fourth-order valence-electron chi connectivity index (χ4n) is 5.08. The Morgan fingerprint density at radius 2 is 1.59 bits per heavy atom. The molecule has 6 rings (SSSR count). The van der Waals surface area contributed by atoms with E-state index in [1.165, 1.54) is 4.88 Å². The van der Waals surface area contributed by atoms with Crippen molar-refractivity contribution in [3.8, 4) is 17.1 Å². The zero-order valence-electron chi connectivity index (χ0n) is 20.8. The molecule has 1 N–H and O–H groups in total. The highest BCUT2D eigenvalue weighted by molar-refractivity contribution is 7.19. The van der Waals surface area contributed by atoms with E-state index in [0.29, 0.717) is 45.3 Å². The van der Waals surface area contributed by atoms with Gasteiger partial charge in [0.2, 0.25) is 0 Å². The highest BCUT2D eigenvalue weighted by atomic mass is 32.1. The van der Waals surface area contributed by atoms with Gasteiger partial charge in [0.15, 0.2) is 11.6 Å². The first-order valence-corrected chi connectivity index (χ1v) is 13.7. The molecule has 37 heavy (non-hydrogen) atoms. The summed E-state index contributed by atoms with van der Waals surface area (Å²) >= 11 is 1.75. The van der Waals surface area contributed by atoms with Crippen LogP contribution in [-0.4, -0.2) is 115 Å². The van der Waals surface area contributed by atoms with Crippen LogP contribution in [0.5, 0.6) is 5.75 Å². The van der Waals surface area contributed by atoms with Crippen molar-refractivity contribution in [2.75, 3.05) is 83.7 Å². The number of carbonyl (C=O) groups is 1. The summed E-state index contributed by atoms with van der Waals surface area (Å²) in [5.41, 5.74) is 1.72. The Morgan fingerprint density at radius 3 is 2.32 bits per heavy atom. The molecule has 0 bridgehead atoms. The molecule has 3 saturated heterocycles. The maximum Gasteiger partial charge on any atom is 0.320 e. The Morgan fingerprint density at radius 1 is 0.892 bits per heavy atom. The van der Waals surface area contributed by atoms with E-state index in [-0.39, 0.29) is 11.8 Å². The Kier molecular flexibility index (Phi) is 7.10. The van der Waals surface area contributed by atoms with Crippen LogP contribution in [0.1, 0.15) is 4.88 Å². The van der Waals surface area contributed by atoms with Gasteiger partial charge in [-0.1, -0.05) is 12.1 Å². The van der Waals surface area contributed by atoms with Gasteiger partial charge >= 0.3 is 6.03 Å². The third kappa shape index (κ3) is 5.35. The van der Waals surface area contributed by atoms with Gasteiger partial charge in [0, 0.05) is 69.3 Å². The summed E-state index contributed by atoms with van der Waals surface area (Å²) in [4.78, 5) is 32.5. The number of hydrogen-bond donors (Lipinski definition) is 1. The SMILES string of the molecule is O=C(N1CCOCC1)N1CCN(Cc2cc3nc(-c4cccc(O)c4)nc(N4CCOCC4)c3s2)CC1. The van der Waals surface area contributed by atoms with E-state index in [9.17, 15) is 9.90 Å². The van der Waals surface area contributed by atoms with Crippen molar-refractivity contribution < 1.29 is 19.4 Å². The molecule has 0 saturated carbocycles. The van der Waals surface area contributed by atoms with Gasteiger partial charge < -0.3 is 29.3 Å². The van der Waals surface area contributed by atoms with Crippen LogP contribution < -0.4 is 4.90 Å². The minimum Gasteiger partial charge on any atom is -0.508 e. The molecule has 0 atom stereocenters. The molecule has 3 aliphatic heterocycles. The number of ether oxygens (including phenoxy) is 2. The number of nitrogens with zero attached hydrogens (tertiary/aromatic N) is 6. The Hall–Kier alpha value is -2.99. The first-order chi connectivity index (χ1) is 18.1. The second kappa shape index (κ2) is 10.8. The molecule has 5 heterocycles. The molecule has 11 heteroatoms. The predicted octanol–water partition coefficient (Wildman–Crippen LogP) is 2.47. The van der Waals surface area contributed by atoms with Crippen LogP contribution in [0.15, 0.2) is 30.3 Å². The van der Waals surface area contributed by atoms with Crippen molar-refractivity contribution >= 4 is 33.4 Å². The summed E-state index contributed by atoms with van der Waals surface area (Å²) in [6.07, 6.45) is 0. The smallest absolute Gasteiger partial charge is 0.320 e. The number of aromatic hydroxyl groups is 1. The number of amides is 2. The van der Waals surface area contributed by atoms with Gasteiger partial charge in [-0.15, -0.1) is 11.3 Å². The number of phenols is 1. The molecule has 196 valence electrons. The van der Waals surface area contributed by atoms with Gasteiger partial charge in [-0.25, -0.2) is 14.8 Å². The van der Waals surface area contributed by atoms with Gasteiger partial charge in [0.25, 0.3) is 0 Å². The molecule has 0 radical (unpaired) electrons. The van der Waals surface area contributed by atoms with Crippen molar-refractivity contribution in [3.63, 3.8) is 0 Å². The number of piperazine rings is 1. The first-order valence-electron chi connectivity index (χ1n) is 12.9. The average Bonchev–Trinajstić information content (AvgIpc) is 3.36. The van der Waals surface area contributed by atoms with Crippen LogP contribution in [0.3, 0.4) is 0 Å². The highest BCUT2D eigenvalue weighted by Gasteiger charge is 2.27. The average molecular weight is 525 g/mol. The Labute approximate surface area is 220 Å². The molecule has 0 unspecified atom stereocenters. The van der Waals surface area contributed by atoms with Crippen molar-refractivity contribution in [2.24, 2.45) is 0 Å². The third-order valence-corrected chi connectivity index (χ3v) is 8.23. The van der Waals surface area contributed by atoms with E-state index in [0.717, 1.165) is 67.4 Å². The predicted molar refractivity (Wildman–Crippen MR) is 142 cm³/mol. The van der Waals surface area contributed by atoms with E-state index < -0.39 is 0 Å². The quantitative estimate of drug-likeness (QED) is 0.556. The molecule has 1 aromatic carbocycles. The zero-order chi connectivity index (χ0) is 25.2. The fourth-order valence-corrected chi connectivity index (χ4v) is 6.23. The molecular weight excluding hydrogens is 492 g/mol. The standard InChI is InChI=1S/C26H32N6O4S/c33-20-3-1-2-19(16-20)24-27-22-17-21(37-23(22)25(28-24)30-8-12-35-13-9-30)18-29-4-6-31(7-5-29)26(34)32-10-14-36-15-11-32/h1-3,16-17,33H,4-15,18H2. The van der Waals surface area contributed by atoms with Crippen molar-refractivity contribution in [3.05, 3.63) is 35.2 Å². The van der Waals surface area contributed by atoms with Gasteiger partial charge in [-0.2, -0.15) is 0 Å². The normalized spacial score (nSPS) is 19.5. The number of carbonyl (C=O) groups excluding carboxylic acids is 1. The lowest BCUT2D eigenvalue weighted by Crippen LogP contribution is -2.54. The number of aromatic nitrogens is 2. The fraction of sp³-hybridized carbons (Fsp3) is 0.500. The van der Waals surface area contributed by atoms with Crippen LogP contribution >= 0.6 is 11.3 Å². The summed E-state index contributed by atoms with van der Waals surface area (Å²) < 4.78 is 12.0. The molecule has 3 aromatic rings. The van der Waals surface area contributed by atoms with Crippen molar-refractivity contribution in [2.45, 2.75) is 6.54 Å². The zero-order valence-corrected chi connectivity index (χ0v) is 21.7. The number of morpholine rings is 2. The van der Waals surface area contributed by atoms with Crippen LogP contribution in [0.4, 0.5) is 10.6 Å². The minimum atomic E-state index is 0.134. The second-order valence-electron chi connectivity index (χ2n) is 9.59. The van der Waals surface area contributed by atoms with Crippen LogP contribution in [0.2, 0.25) is 0 Å². The molecule has 3 fully saturated rings. The van der Waals surface area contributed by atoms with E-state index in [4.69, 9.17) is 19.4 Å². The van der Waals surface area contributed by atoms with E-state index in [1.807, 2.05) is 21.9 Å². The van der Waals surface area contributed by atoms with Gasteiger partial charge in [-0.05, 0) is 18.2 Å². The van der Waals surface area contributed by atoms with Gasteiger partial charge in [0.05, 0.1) is 36.6 Å². The largest absolute Gasteiger partial charge is 0.508 e. The van der Waals surface area contributed by atoms with Crippen LogP contribution in [0, 0.1) is 0 Å². The lowest BCUT2D eigenvalue weighted by molar-refractivity contribution is 0.0373. The summed E-state index contributed by atoms with van der Waals surface area (Å²) in [6.45, 7) is 9.54. The Balaban J connectivity index is 1.20. The molecule has 0 spiro atoms. The maximum absolute atomic E-state index is 12.8. The Bertz CT molecular complexity index is 1250. The van der Waals surface area contributed by atoms with Crippen LogP contribution in [0.25, 0.3) is 21.6 Å². The van der Waals surface area contributed by atoms with E-state index in [2.05, 4.69) is 15.9 Å². The van der Waals surface area contributed by atoms with Gasteiger partial charge in [-0.3, -0.25) is 4.90 Å². The molecule has 3 aliphatic rings. The molecular formula is C26H32N6O4S. The summed E-state index contributed by atoms with van der Waals surface area (Å²) in [5.74, 6) is 1.75. The topological polar surface area (TPSA) is 94.5 Å². The second-order valence-corrected chi connectivity index (χ2v) is 10.7. The minimum absolute atomic E-state index is 0.134. The summed E-state index contributed by atoms with van der Waals surface area (Å²) in [5, 5.41) is 10.0. The molecule has 2 amide bonds. The molecule has 10 nitrogen and oxygen atoms in total. The highest BCUT2D eigenvalue weighted by Crippen LogP contribution is 2.35. The van der Waals surface area contributed by atoms with Crippen molar-refractivity contribution in [1.82, 2.24) is 24.7 Å². The number of urea groups is 1. The first kappa shape index (κ1) is 24.4.